The number of anilines is 2. The molecule has 1 aliphatic heterocycles. The quantitative estimate of drug-likeness (QED) is 0.564. The monoisotopic (exact) mass is 437 g/mol. The van der Waals surface area contributed by atoms with E-state index < -0.39 is 18.0 Å². The molecule has 4 rings (SSSR count). The molecular weight excluding hydrogens is 412 g/mol. The number of benzene rings is 1. The molecule has 1 amide bonds. The predicted octanol–water partition coefficient (Wildman–Crippen LogP) is 3.44. The van der Waals surface area contributed by atoms with Crippen molar-refractivity contribution in [2.75, 3.05) is 29.9 Å². The highest BCUT2D eigenvalue weighted by atomic mass is 19.1. The second-order valence-corrected chi connectivity index (χ2v) is 7.87. The van der Waals surface area contributed by atoms with E-state index in [0.717, 1.165) is 5.56 Å². The van der Waals surface area contributed by atoms with Crippen LogP contribution in [0.15, 0.2) is 60.9 Å². The highest BCUT2D eigenvalue weighted by Crippen LogP contribution is 2.32. The molecule has 1 aliphatic rings. The van der Waals surface area contributed by atoms with Crippen LogP contribution in [0.4, 0.5) is 20.4 Å². The fourth-order valence-corrected chi connectivity index (χ4v) is 4.00. The highest BCUT2D eigenvalue weighted by molar-refractivity contribution is 5.87. The number of amides is 1. The Morgan fingerprint density at radius 1 is 1.25 bits per heavy atom. The number of nitrogens with zero attached hydrogens (tertiary/aromatic N) is 3. The third-order valence-corrected chi connectivity index (χ3v) is 5.57. The van der Waals surface area contributed by atoms with Crippen LogP contribution in [0.5, 0.6) is 0 Å². The molecule has 0 radical (unpaired) electrons. The number of primary amides is 1. The SMILES string of the molecule is NC(=O)C(c1cccnc1)c1ccc(N2CCC(F)C2)nc1NCCc1cccc(F)c1. The summed E-state index contributed by atoms with van der Waals surface area (Å²) in [7, 11) is 0. The summed E-state index contributed by atoms with van der Waals surface area (Å²) in [5, 5.41) is 3.28. The molecule has 8 heteroatoms. The number of hydrogen-bond donors (Lipinski definition) is 2. The number of aromatic nitrogens is 2. The van der Waals surface area contributed by atoms with E-state index in [1.165, 1.54) is 12.1 Å². The first-order valence-electron chi connectivity index (χ1n) is 10.6. The molecule has 2 atom stereocenters. The Balaban J connectivity index is 1.64. The van der Waals surface area contributed by atoms with Crippen molar-refractivity contribution < 1.29 is 13.6 Å². The Labute approximate surface area is 185 Å². The van der Waals surface area contributed by atoms with Crippen LogP contribution in [0, 0.1) is 5.82 Å². The molecular formula is C24H25F2N5O. The Kier molecular flexibility index (Phi) is 6.58. The maximum Gasteiger partial charge on any atom is 0.229 e. The van der Waals surface area contributed by atoms with Crippen molar-refractivity contribution in [3.05, 3.63) is 83.4 Å². The van der Waals surface area contributed by atoms with E-state index in [2.05, 4.69) is 10.3 Å². The normalized spacial score (nSPS) is 16.7. The average Bonchev–Trinajstić information content (AvgIpc) is 3.22. The maximum absolute atomic E-state index is 13.7. The molecule has 3 heterocycles. The molecule has 6 nitrogen and oxygen atoms in total. The summed E-state index contributed by atoms with van der Waals surface area (Å²) >= 11 is 0. The van der Waals surface area contributed by atoms with Crippen LogP contribution in [-0.4, -0.2) is 41.7 Å². The van der Waals surface area contributed by atoms with Crippen molar-refractivity contribution in [3.63, 3.8) is 0 Å². The van der Waals surface area contributed by atoms with Gasteiger partial charge in [0.1, 0.15) is 23.6 Å². The fraction of sp³-hybridized carbons (Fsp3) is 0.292. The zero-order valence-electron chi connectivity index (χ0n) is 17.5. The maximum atomic E-state index is 13.7. The van der Waals surface area contributed by atoms with Crippen LogP contribution < -0.4 is 16.0 Å². The standard InChI is InChI=1S/C24H25F2N5O/c25-18-5-1-3-16(13-18)8-11-29-24-20(22(23(27)32)17-4-2-10-28-14-17)6-7-21(30-24)31-12-9-19(26)15-31/h1-7,10,13-14,19,22H,8-9,11-12,15H2,(H2,27,32)(H,29,30). The molecule has 3 aromatic rings. The van der Waals surface area contributed by atoms with Gasteiger partial charge in [0.25, 0.3) is 0 Å². The number of carbonyl (C=O) groups is 1. The van der Waals surface area contributed by atoms with Gasteiger partial charge in [-0.05, 0) is 48.2 Å². The van der Waals surface area contributed by atoms with Gasteiger partial charge in [-0.3, -0.25) is 9.78 Å². The van der Waals surface area contributed by atoms with Crippen LogP contribution in [0.2, 0.25) is 0 Å². The van der Waals surface area contributed by atoms with Crippen LogP contribution in [0.3, 0.4) is 0 Å². The van der Waals surface area contributed by atoms with Crippen molar-refractivity contribution in [1.29, 1.82) is 0 Å². The smallest absolute Gasteiger partial charge is 0.229 e. The van der Waals surface area contributed by atoms with Gasteiger partial charge in [-0.25, -0.2) is 13.8 Å². The summed E-state index contributed by atoms with van der Waals surface area (Å²) in [6.45, 7) is 1.34. The molecule has 3 N–H and O–H groups in total. The minimum Gasteiger partial charge on any atom is -0.369 e. The molecule has 0 spiro atoms. The Hall–Kier alpha value is -3.55. The Bertz CT molecular complexity index is 1080. The number of halogens is 2. The van der Waals surface area contributed by atoms with Gasteiger partial charge < -0.3 is 16.0 Å². The summed E-state index contributed by atoms with van der Waals surface area (Å²) in [6.07, 6.45) is 3.38. The fourth-order valence-electron chi connectivity index (χ4n) is 4.00. The molecule has 32 heavy (non-hydrogen) atoms. The third-order valence-electron chi connectivity index (χ3n) is 5.57. The van der Waals surface area contributed by atoms with Gasteiger partial charge in [0.15, 0.2) is 0 Å². The van der Waals surface area contributed by atoms with Gasteiger partial charge >= 0.3 is 0 Å². The second-order valence-electron chi connectivity index (χ2n) is 7.87. The zero-order chi connectivity index (χ0) is 22.5. The van der Waals surface area contributed by atoms with E-state index in [4.69, 9.17) is 10.7 Å². The Morgan fingerprint density at radius 3 is 2.81 bits per heavy atom. The molecule has 1 aromatic carbocycles. The molecule has 0 bridgehead atoms. The topological polar surface area (TPSA) is 84.1 Å². The van der Waals surface area contributed by atoms with E-state index in [-0.39, 0.29) is 12.4 Å². The molecule has 1 saturated heterocycles. The van der Waals surface area contributed by atoms with Gasteiger partial charge in [0.2, 0.25) is 5.91 Å². The number of alkyl halides is 1. The van der Waals surface area contributed by atoms with Crippen LogP contribution in [0.1, 0.15) is 29.0 Å². The third kappa shape index (κ3) is 5.01. The summed E-state index contributed by atoms with van der Waals surface area (Å²) in [5.74, 6) is -0.422. The Morgan fingerprint density at radius 2 is 2.12 bits per heavy atom. The van der Waals surface area contributed by atoms with E-state index >= 15 is 0 Å². The minimum atomic E-state index is -0.880. The average molecular weight is 437 g/mol. The van der Waals surface area contributed by atoms with Gasteiger partial charge in [-0.1, -0.05) is 24.3 Å². The zero-order valence-corrected chi connectivity index (χ0v) is 17.5. The largest absolute Gasteiger partial charge is 0.369 e. The summed E-state index contributed by atoms with van der Waals surface area (Å²) in [4.78, 5) is 23.1. The van der Waals surface area contributed by atoms with Crippen molar-refractivity contribution >= 4 is 17.5 Å². The summed E-state index contributed by atoms with van der Waals surface area (Å²) in [5.41, 5.74) is 7.88. The number of rotatable bonds is 8. The van der Waals surface area contributed by atoms with E-state index in [9.17, 15) is 13.6 Å². The molecule has 0 saturated carbocycles. The lowest BCUT2D eigenvalue weighted by Crippen LogP contribution is -2.26. The summed E-state index contributed by atoms with van der Waals surface area (Å²) < 4.78 is 27.2. The van der Waals surface area contributed by atoms with Crippen LogP contribution in [0.25, 0.3) is 0 Å². The summed E-state index contributed by atoms with van der Waals surface area (Å²) in [6, 6.07) is 13.5. The van der Waals surface area contributed by atoms with Crippen LogP contribution >= 0.6 is 0 Å². The van der Waals surface area contributed by atoms with Crippen molar-refractivity contribution in [2.45, 2.75) is 24.9 Å². The lowest BCUT2D eigenvalue weighted by Gasteiger charge is -2.22. The lowest BCUT2D eigenvalue weighted by atomic mass is 9.92. The number of nitrogens with two attached hydrogens (primary N) is 1. The van der Waals surface area contributed by atoms with Crippen molar-refractivity contribution in [1.82, 2.24) is 9.97 Å². The van der Waals surface area contributed by atoms with Gasteiger partial charge in [-0.15, -0.1) is 0 Å². The molecule has 166 valence electrons. The minimum absolute atomic E-state index is 0.288. The first-order valence-corrected chi connectivity index (χ1v) is 10.6. The first kappa shape index (κ1) is 21.7. The van der Waals surface area contributed by atoms with Crippen LogP contribution in [-0.2, 0) is 11.2 Å². The van der Waals surface area contributed by atoms with E-state index in [1.54, 1.807) is 42.7 Å². The van der Waals surface area contributed by atoms with Gasteiger partial charge in [0, 0.05) is 31.0 Å². The first-order chi connectivity index (χ1) is 15.5. The number of carbonyl (C=O) groups excluding carboxylic acids is 1. The lowest BCUT2D eigenvalue weighted by molar-refractivity contribution is -0.118. The molecule has 1 fully saturated rings. The second kappa shape index (κ2) is 9.72. The van der Waals surface area contributed by atoms with Crippen molar-refractivity contribution in [2.24, 2.45) is 5.73 Å². The molecule has 2 aromatic heterocycles. The molecule has 2 unspecified atom stereocenters. The highest BCUT2D eigenvalue weighted by Gasteiger charge is 2.27. The number of pyridine rings is 2. The van der Waals surface area contributed by atoms with E-state index in [1.807, 2.05) is 11.0 Å². The number of hydrogen-bond acceptors (Lipinski definition) is 5. The predicted molar refractivity (Wildman–Crippen MR) is 120 cm³/mol. The molecule has 0 aliphatic carbocycles. The van der Waals surface area contributed by atoms with Crippen molar-refractivity contribution in [3.8, 4) is 0 Å². The van der Waals surface area contributed by atoms with Gasteiger partial charge in [0.05, 0.1) is 12.5 Å². The van der Waals surface area contributed by atoms with Gasteiger partial charge in [-0.2, -0.15) is 0 Å². The van der Waals surface area contributed by atoms with E-state index in [0.29, 0.717) is 48.7 Å². The number of nitrogens with one attached hydrogen (secondary N) is 1.